The summed E-state index contributed by atoms with van der Waals surface area (Å²) < 4.78 is 13.0. The number of aromatic nitrogens is 1. The van der Waals surface area contributed by atoms with Gasteiger partial charge in [-0.25, -0.2) is 4.39 Å². The number of H-pyrrole nitrogens is 1. The van der Waals surface area contributed by atoms with Crippen LogP contribution in [0.25, 0.3) is 10.9 Å². The van der Waals surface area contributed by atoms with Gasteiger partial charge in [0.25, 0.3) is 0 Å². The third-order valence-corrected chi connectivity index (χ3v) is 2.47. The molecule has 4 nitrogen and oxygen atoms in total. The Bertz CT molecular complexity index is 536. The summed E-state index contributed by atoms with van der Waals surface area (Å²) in [6.07, 6.45) is 1.45. The Labute approximate surface area is 90.9 Å². The molecule has 1 aromatic carbocycles. The van der Waals surface area contributed by atoms with Crippen LogP contribution in [0.2, 0.25) is 0 Å². The smallest absolute Gasteiger partial charge is 0.305 e. The van der Waals surface area contributed by atoms with Gasteiger partial charge in [0.2, 0.25) is 0 Å². The molecular formula is C11H11FN2O2. The SMILES string of the molecule is N[C@@H](CC(=O)O)c1c[nH]c2ccc(F)cc12. The fraction of sp³-hybridized carbons (Fsp3) is 0.182. The van der Waals surface area contributed by atoms with Gasteiger partial charge in [-0.3, -0.25) is 4.79 Å². The van der Waals surface area contributed by atoms with Crippen molar-refractivity contribution >= 4 is 16.9 Å². The lowest BCUT2D eigenvalue weighted by Crippen LogP contribution is -2.14. The summed E-state index contributed by atoms with van der Waals surface area (Å²) in [6.45, 7) is 0. The Kier molecular flexibility index (Phi) is 2.62. The number of aromatic amines is 1. The van der Waals surface area contributed by atoms with Crippen LogP contribution in [0.1, 0.15) is 18.0 Å². The molecule has 2 rings (SSSR count). The number of carboxylic acids is 1. The summed E-state index contributed by atoms with van der Waals surface area (Å²) in [5, 5.41) is 9.28. The monoisotopic (exact) mass is 222 g/mol. The molecule has 0 aliphatic heterocycles. The first-order valence-electron chi connectivity index (χ1n) is 4.82. The van der Waals surface area contributed by atoms with Gasteiger partial charge < -0.3 is 15.8 Å². The van der Waals surface area contributed by atoms with Crippen LogP contribution >= 0.6 is 0 Å². The lowest BCUT2D eigenvalue weighted by molar-refractivity contribution is -0.137. The minimum atomic E-state index is -0.974. The number of nitrogens with one attached hydrogen (secondary N) is 1. The molecule has 2 aromatic rings. The first kappa shape index (κ1) is 10.6. The van der Waals surface area contributed by atoms with Gasteiger partial charge in [-0.05, 0) is 23.8 Å². The van der Waals surface area contributed by atoms with Crippen molar-refractivity contribution in [3.05, 3.63) is 35.8 Å². The molecule has 0 spiro atoms. The van der Waals surface area contributed by atoms with Crippen LogP contribution in [-0.2, 0) is 4.79 Å². The van der Waals surface area contributed by atoms with E-state index in [1.165, 1.54) is 12.1 Å². The number of hydrogen-bond acceptors (Lipinski definition) is 2. The Hall–Kier alpha value is -1.88. The van der Waals surface area contributed by atoms with Crippen LogP contribution in [0.3, 0.4) is 0 Å². The number of benzene rings is 1. The van der Waals surface area contributed by atoms with E-state index in [2.05, 4.69) is 4.98 Å². The Morgan fingerprint density at radius 3 is 3.00 bits per heavy atom. The van der Waals surface area contributed by atoms with Gasteiger partial charge in [-0.1, -0.05) is 0 Å². The van der Waals surface area contributed by atoms with Crippen molar-refractivity contribution in [2.24, 2.45) is 5.73 Å². The summed E-state index contributed by atoms with van der Waals surface area (Å²) in [5.41, 5.74) is 7.10. The van der Waals surface area contributed by atoms with E-state index >= 15 is 0 Å². The second-order valence-electron chi connectivity index (χ2n) is 3.64. The van der Waals surface area contributed by atoms with Crippen molar-refractivity contribution in [1.82, 2.24) is 4.98 Å². The Balaban J connectivity index is 2.44. The number of carboxylic acid groups (broad SMARTS) is 1. The fourth-order valence-electron chi connectivity index (χ4n) is 1.72. The predicted octanol–water partition coefficient (Wildman–Crippen LogP) is 1.78. The molecule has 1 heterocycles. The van der Waals surface area contributed by atoms with Crippen LogP contribution < -0.4 is 5.73 Å². The van der Waals surface area contributed by atoms with Crippen molar-refractivity contribution in [2.45, 2.75) is 12.5 Å². The molecule has 0 amide bonds. The quantitative estimate of drug-likeness (QED) is 0.740. The highest BCUT2D eigenvalue weighted by Crippen LogP contribution is 2.25. The van der Waals surface area contributed by atoms with E-state index in [0.29, 0.717) is 10.9 Å². The van der Waals surface area contributed by atoms with Crippen molar-refractivity contribution in [2.75, 3.05) is 0 Å². The molecule has 0 saturated carbocycles. The molecular weight excluding hydrogens is 211 g/mol. The minimum absolute atomic E-state index is 0.177. The van der Waals surface area contributed by atoms with E-state index in [1.807, 2.05) is 0 Å². The van der Waals surface area contributed by atoms with Gasteiger partial charge in [-0.15, -0.1) is 0 Å². The zero-order valence-electron chi connectivity index (χ0n) is 8.40. The molecule has 0 unspecified atom stereocenters. The second kappa shape index (κ2) is 3.94. The standard InChI is InChI=1S/C11H11FN2O2/c12-6-1-2-10-7(3-6)8(5-14-10)9(13)4-11(15)16/h1-3,5,9,14H,4,13H2,(H,15,16)/t9-/m0/s1. The lowest BCUT2D eigenvalue weighted by Gasteiger charge is -2.07. The fourth-order valence-corrected chi connectivity index (χ4v) is 1.72. The van der Waals surface area contributed by atoms with Crippen molar-refractivity contribution < 1.29 is 14.3 Å². The first-order chi connectivity index (χ1) is 7.58. The largest absolute Gasteiger partial charge is 0.481 e. The average molecular weight is 222 g/mol. The van der Waals surface area contributed by atoms with Gasteiger partial charge in [0, 0.05) is 23.1 Å². The topological polar surface area (TPSA) is 79.1 Å². The van der Waals surface area contributed by atoms with Gasteiger partial charge >= 0.3 is 5.97 Å². The number of carbonyl (C=O) groups is 1. The highest BCUT2D eigenvalue weighted by molar-refractivity contribution is 5.84. The molecule has 1 aromatic heterocycles. The van der Waals surface area contributed by atoms with Gasteiger partial charge in [0.1, 0.15) is 5.82 Å². The highest BCUT2D eigenvalue weighted by Gasteiger charge is 2.15. The van der Waals surface area contributed by atoms with Gasteiger partial charge in [0.05, 0.1) is 6.42 Å². The van der Waals surface area contributed by atoms with Crippen LogP contribution in [0.4, 0.5) is 4.39 Å². The van der Waals surface area contributed by atoms with Gasteiger partial charge in [-0.2, -0.15) is 0 Å². The normalized spacial score (nSPS) is 12.9. The molecule has 0 saturated heterocycles. The van der Waals surface area contributed by atoms with E-state index in [4.69, 9.17) is 10.8 Å². The van der Waals surface area contributed by atoms with E-state index in [1.54, 1.807) is 12.3 Å². The Morgan fingerprint density at radius 2 is 2.31 bits per heavy atom. The summed E-state index contributed by atoms with van der Waals surface area (Å²) in [5.74, 6) is -1.34. The molecule has 5 heteroatoms. The Morgan fingerprint density at radius 1 is 1.56 bits per heavy atom. The average Bonchev–Trinajstić information content (AvgIpc) is 2.59. The van der Waals surface area contributed by atoms with Crippen LogP contribution in [0.15, 0.2) is 24.4 Å². The number of hydrogen-bond donors (Lipinski definition) is 3. The number of rotatable bonds is 3. The van der Waals surface area contributed by atoms with E-state index in [9.17, 15) is 9.18 Å². The maximum Gasteiger partial charge on any atom is 0.305 e. The van der Waals surface area contributed by atoms with Crippen molar-refractivity contribution in [3.8, 4) is 0 Å². The molecule has 4 N–H and O–H groups in total. The first-order valence-corrected chi connectivity index (χ1v) is 4.82. The second-order valence-corrected chi connectivity index (χ2v) is 3.64. The minimum Gasteiger partial charge on any atom is -0.481 e. The lowest BCUT2D eigenvalue weighted by atomic mass is 10.0. The molecule has 0 bridgehead atoms. The number of halogens is 1. The molecule has 1 atom stereocenters. The van der Waals surface area contributed by atoms with E-state index < -0.39 is 12.0 Å². The number of aliphatic carboxylic acids is 1. The third-order valence-electron chi connectivity index (χ3n) is 2.47. The van der Waals surface area contributed by atoms with Gasteiger partial charge in [0.15, 0.2) is 0 Å². The van der Waals surface area contributed by atoms with Crippen LogP contribution in [0, 0.1) is 5.82 Å². The summed E-state index contributed by atoms with van der Waals surface area (Å²) in [6, 6.07) is 3.66. The zero-order chi connectivity index (χ0) is 11.7. The zero-order valence-corrected chi connectivity index (χ0v) is 8.40. The molecule has 16 heavy (non-hydrogen) atoms. The predicted molar refractivity (Wildman–Crippen MR) is 57.4 cm³/mol. The maximum atomic E-state index is 13.0. The molecule has 0 aliphatic carbocycles. The number of nitrogens with two attached hydrogens (primary N) is 1. The van der Waals surface area contributed by atoms with Crippen molar-refractivity contribution in [3.63, 3.8) is 0 Å². The third kappa shape index (κ3) is 1.90. The van der Waals surface area contributed by atoms with E-state index in [0.717, 1.165) is 5.52 Å². The number of fused-ring (bicyclic) bond motifs is 1. The van der Waals surface area contributed by atoms with Crippen molar-refractivity contribution in [1.29, 1.82) is 0 Å². The highest BCUT2D eigenvalue weighted by atomic mass is 19.1. The molecule has 0 aliphatic rings. The summed E-state index contributed by atoms with van der Waals surface area (Å²) >= 11 is 0. The van der Waals surface area contributed by atoms with Crippen LogP contribution in [-0.4, -0.2) is 16.1 Å². The summed E-state index contributed by atoms with van der Waals surface area (Å²) in [7, 11) is 0. The van der Waals surface area contributed by atoms with Crippen LogP contribution in [0.5, 0.6) is 0 Å². The molecule has 84 valence electrons. The summed E-state index contributed by atoms with van der Waals surface area (Å²) in [4.78, 5) is 13.5. The van der Waals surface area contributed by atoms with E-state index in [-0.39, 0.29) is 12.2 Å². The molecule has 0 radical (unpaired) electrons. The maximum absolute atomic E-state index is 13.0. The molecule has 0 fully saturated rings.